The van der Waals surface area contributed by atoms with E-state index in [-0.39, 0.29) is 22.9 Å². The third-order valence-electron chi connectivity index (χ3n) is 6.16. The number of carbonyl (C=O) groups excluding carboxylic acids is 1. The van der Waals surface area contributed by atoms with Crippen molar-refractivity contribution in [2.24, 2.45) is 0 Å². The summed E-state index contributed by atoms with van der Waals surface area (Å²) in [5.41, 5.74) is -0.0892. The molecular weight excluding hydrogens is 475 g/mol. The number of benzene rings is 1. The lowest BCUT2D eigenvalue weighted by Crippen LogP contribution is -2.40. The summed E-state index contributed by atoms with van der Waals surface area (Å²) in [5.74, 6) is -0.462. The highest BCUT2D eigenvalue weighted by molar-refractivity contribution is 5.97. The van der Waals surface area contributed by atoms with Gasteiger partial charge in [0.1, 0.15) is 17.6 Å². The summed E-state index contributed by atoms with van der Waals surface area (Å²) < 4.78 is 46.1. The van der Waals surface area contributed by atoms with Crippen molar-refractivity contribution < 1.29 is 22.7 Å². The number of nitrogens with zero attached hydrogens (tertiary/aromatic N) is 4. The van der Waals surface area contributed by atoms with E-state index in [1.807, 2.05) is 13.8 Å². The molecule has 0 saturated heterocycles. The second kappa shape index (κ2) is 10.1. The lowest BCUT2D eigenvalue weighted by Gasteiger charge is -2.28. The first kappa shape index (κ1) is 25.4. The van der Waals surface area contributed by atoms with E-state index in [0.29, 0.717) is 36.7 Å². The molecule has 0 radical (unpaired) electrons. The SMILES string of the molecule is COc1cc(C(F)(F)F)ccc1C(=O)NC1CN(C(C)C)CCn2c1nc(-c1ccncc1)cc2=O. The van der Waals surface area contributed by atoms with Crippen molar-refractivity contribution in [1.82, 2.24) is 24.8 Å². The molecule has 0 aliphatic carbocycles. The van der Waals surface area contributed by atoms with Crippen LogP contribution >= 0.6 is 0 Å². The van der Waals surface area contributed by atoms with Crippen LogP contribution in [-0.2, 0) is 12.7 Å². The molecule has 36 heavy (non-hydrogen) atoms. The summed E-state index contributed by atoms with van der Waals surface area (Å²) in [6, 6.07) is 7.04. The van der Waals surface area contributed by atoms with Crippen LogP contribution in [0.4, 0.5) is 13.2 Å². The number of pyridine rings is 1. The Morgan fingerprint density at radius 1 is 1.14 bits per heavy atom. The van der Waals surface area contributed by atoms with Gasteiger partial charge in [-0.15, -0.1) is 0 Å². The van der Waals surface area contributed by atoms with Gasteiger partial charge in [-0.1, -0.05) is 0 Å². The molecule has 0 spiro atoms. The summed E-state index contributed by atoms with van der Waals surface area (Å²) in [7, 11) is 1.20. The van der Waals surface area contributed by atoms with E-state index in [2.05, 4.69) is 15.2 Å². The van der Waals surface area contributed by atoms with Gasteiger partial charge in [-0.05, 0) is 44.2 Å². The minimum Gasteiger partial charge on any atom is -0.496 e. The van der Waals surface area contributed by atoms with Crippen LogP contribution in [0.15, 0.2) is 53.6 Å². The molecule has 11 heteroatoms. The van der Waals surface area contributed by atoms with Crippen LogP contribution < -0.4 is 15.6 Å². The molecule has 0 saturated carbocycles. The van der Waals surface area contributed by atoms with Crippen LogP contribution in [0, 0.1) is 0 Å². The molecule has 4 rings (SSSR count). The number of halogens is 3. The van der Waals surface area contributed by atoms with E-state index >= 15 is 0 Å². The smallest absolute Gasteiger partial charge is 0.416 e. The van der Waals surface area contributed by atoms with Gasteiger partial charge < -0.3 is 10.1 Å². The molecule has 1 aliphatic heterocycles. The molecule has 0 fully saturated rings. The summed E-state index contributed by atoms with van der Waals surface area (Å²) in [6.07, 6.45) is -1.39. The lowest BCUT2D eigenvalue weighted by atomic mass is 10.1. The zero-order chi connectivity index (χ0) is 26.0. The molecule has 2 aromatic heterocycles. The van der Waals surface area contributed by atoms with Crippen molar-refractivity contribution >= 4 is 5.91 Å². The van der Waals surface area contributed by atoms with Gasteiger partial charge in [0.15, 0.2) is 0 Å². The highest BCUT2D eigenvalue weighted by atomic mass is 19.4. The molecule has 3 aromatic rings. The van der Waals surface area contributed by atoms with Gasteiger partial charge in [0, 0.05) is 49.7 Å². The number of rotatable bonds is 5. The van der Waals surface area contributed by atoms with E-state index in [4.69, 9.17) is 9.72 Å². The molecular formula is C25H26F3N5O3. The number of fused-ring (bicyclic) bond motifs is 1. The quantitative estimate of drug-likeness (QED) is 0.576. The van der Waals surface area contributed by atoms with Crippen molar-refractivity contribution in [1.29, 1.82) is 0 Å². The zero-order valence-electron chi connectivity index (χ0n) is 20.0. The first-order valence-corrected chi connectivity index (χ1v) is 11.4. The molecule has 1 amide bonds. The monoisotopic (exact) mass is 501 g/mol. The normalized spacial score (nSPS) is 16.4. The van der Waals surface area contributed by atoms with Crippen LogP contribution in [0.25, 0.3) is 11.3 Å². The summed E-state index contributed by atoms with van der Waals surface area (Å²) in [4.78, 5) is 37.2. The highest BCUT2D eigenvalue weighted by Crippen LogP contribution is 2.33. The van der Waals surface area contributed by atoms with Crippen LogP contribution in [0.3, 0.4) is 0 Å². The first-order valence-electron chi connectivity index (χ1n) is 11.4. The maximum absolute atomic E-state index is 13.3. The molecule has 1 unspecified atom stereocenters. The Labute approximate surface area is 205 Å². The van der Waals surface area contributed by atoms with Crippen molar-refractivity contribution in [3.8, 4) is 17.0 Å². The molecule has 1 aliphatic rings. The molecule has 1 aromatic carbocycles. The highest BCUT2D eigenvalue weighted by Gasteiger charge is 2.33. The zero-order valence-corrected chi connectivity index (χ0v) is 20.0. The summed E-state index contributed by atoms with van der Waals surface area (Å²) in [5, 5.41) is 2.88. The van der Waals surface area contributed by atoms with E-state index in [1.54, 1.807) is 24.5 Å². The topological polar surface area (TPSA) is 89.3 Å². The van der Waals surface area contributed by atoms with Gasteiger partial charge in [-0.25, -0.2) is 4.98 Å². The maximum Gasteiger partial charge on any atom is 0.416 e. The summed E-state index contributed by atoms with van der Waals surface area (Å²) >= 11 is 0. The Bertz CT molecular complexity index is 1310. The van der Waals surface area contributed by atoms with E-state index < -0.39 is 23.7 Å². The molecule has 1 N–H and O–H groups in total. The predicted molar refractivity (Wildman–Crippen MR) is 127 cm³/mol. The molecule has 0 bridgehead atoms. The van der Waals surface area contributed by atoms with E-state index in [1.165, 1.54) is 17.7 Å². The van der Waals surface area contributed by atoms with Crippen molar-refractivity contribution in [3.05, 3.63) is 76.1 Å². The minimum absolute atomic E-state index is 0.0509. The Balaban J connectivity index is 1.75. The largest absolute Gasteiger partial charge is 0.496 e. The van der Waals surface area contributed by atoms with E-state index in [0.717, 1.165) is 18.2 Å². The lowest BCUT2D eigenvalue weighted by molar-refractivity contribution is -0.137. The van der Waals surface area contributed by atoms with Crippen molar-refractivity contribution in [3.63, 3.8) is 0 Å². The van der Waals surface area contributed by atoms with Gasteiger partial charge in [0.25, 0.3) is 11.5 Å². The number of methoxy groups -OCH3 is 1. The Kier molecular flexibility index (Phi) is 7.11. The number of carbonyl (C=O) groups is 1. The van der Waals surface area contributed by atoms with Gasteiger partial charge >= 0.3 is 6.18 Å². The number of aromatic nitrogens is 3. The maximum atomic E-state index is 13.3. The fraction of sp³-hybridized carbons (Fsp3) is 0.360. The van der Waals surface area contributed by atoms with Gasteiger partial charge in [-0.3, -0.25) is 24.0 Å². The average molecular weight is 502 g/mol. The number of amides is 1. The number of alkyl halides is 3. The number of ether oxygens (including phenoxy) is 1. The van der Waals surface area contributed by atoms with Crippen molar-refractivity contribution in [2.75, 3.05) is 20.2 Å². The van der Waals surface area contributed by atoms with E-state index in [9.17, 15) is 22.8 Å². The average Bonchev–Trinajstić information content (AvgIpc) is 3.03. The summed E-state index contributed by atoms with van der Waals surface area (Å²) in [6.45, 7) is 5.32. The third-order valence-corrected chi connectivity index (χ3v) is 6.16. The number of hydrogen-bond acceptors (Lipinski definition) is 6. The van der Waals surface area contributed by atoms with Gasteiger partial charge in [-0.2, -0.15) is 13.2 Å². The molecule has 3 heterocycles. The Hall–Kier alpha value is -3.73. The fourth-order valence-electron chi connectivity index (χ4n) is 4.19. The predicted octanol–water partition coefficient (Wildman–Crippen LogP) is 3.53. The van der Waals surface area contributed by atoms with Crippen LogP contribution in [0.5, 0.6) is 5.75 Å². The van der Waals surface area contributed by atoms with Crippen molar-refractivity contribution in [2.45, 2.75) is 38.7 Å². The second-order valence-electron chi connectivity index (χ2n) is 8.75. The van der Waals surface area contributed by atoms with Crippen LogP contribution in [-0.4, -0.2) is 51.6 Å². The molecule has 8 nitrogen and oxygen atoms in total. The number of nitrogens with one attached hydrogen (secondary N) is 1. The third kappa shape index (κ3) is 5.25. The molecule has 190 valence electrons. The Morgan fingerprint density at radius 3 is 2.50 bits per heavy atom. The minimum atomic E-state index is -4.57. The standard InChI is InChI=1S/C25H26F3N5O3/c1-15(2)32-10-11-33-22(34)13-19(16-6-8-29-9-7-16)30-23(33)20(14-32)31-24(35)18-5-4-17(25(26,27)28)12-21(18)36-3/h4-9,12-13,15,20H,10-11,14H2,1-3H3,(H,31,35). The Morgan fingerprint density at radius 2 is 1.86 bits per heavy atom. The van der Waals surface area contributed by atoms with Crippen LogP contribution in [0.1, 0.15) is 41.6 Å². The number of hydrogen-bond donors (Lipinski definition) is 1. The van der Waals surface area contributed by atoms with Gasteiger partial charge in [0.05, 0.1) is 23.9 Å². The second-order valence-corrected chi connectivity index (χ2v) is 8.75. The first-order chi connectivity index (χ1) is 17.1. The fourth-order valence-corrected chi connectivity index (χ4v) is 4.19. The van der Waals surface area contributed by atoms with Gasteiger partial charge in [0.2, 0.25) is 0 Å². The van der Waals surface area contributed by atoms with Crippen LogP contribution in [0.2, 0.25) is 0 Å². The molecule has 1 atom stereocenters.